The fourth-order valence-corrected chi connectivity index (χ4v) is 7.01. The summed E-state index contributed by atoms with van der Waals surface area (Å²) in [6.45, 7) is 2.05. The Balaban J connectivity index is 1.30. The minimum absolute atomic E-state index is 0.0964. The SMILES string of the molecule is O[C@H]1C=C[C@@]2(O)[C@H]3Cc4ccc(OCc5ccccc5)c5c4[C@@]2(CCN3Cc2ccccc2)[C@H]1O5. The van der Waals surface area contributed by atoms with Crippen molar-refractivity contribution in [1.29, 1.82) is 0 Å². The van der Waals surface area contributed by atoms with Crippen LogP contribution >= 0.6 is 0 Å². The normalized spacial score (nSPS) is 32.1. The van der Waals surface area contributed by atoms with Crippen LogP contribution in [0.15, 0.2) is 84.9 Å². The van der Waals surface area contributed by atoms with E-state index in [-0.39, 0.29) is 6.04 Å². The molecule has 5 atom stereocenters. The van der Waals surface area contributed by atoms with Gasteiger partial charge in [-0.3, -0.25) is 4.90 Å². The summed E-state index contributed by atoms with van der Waals surface area (Å²) in [5.74, 6) is 1.37. The molecule has 2 bridgehead atoms. The highest BCUT2D eigenvalue weighted by atomic mass is 16.5. The van der Waals surface area contributed by atoms with Crippen molar-refractivity contribution in [3.63, 3.8) is 0 Å². The third-order valence-electron chi connectivity index (χ3n) is 8.58. The second-order valence-corrected chi connectivity index (χ2v) is 10.3. The summed E-state index contributed by atoms with van der Waals surface area (Å²) in [5.41, 5.74) is 2.73. The first-order valence-electron chi connectivity index (χ1n) is 12.5. The Morgan fingerprint density at radius 3 is 2.49 bits per heavy atom. The molecule has 0 amide bonds. The summed E-state index contributed by atoms with van der Waals surface area (Å²) in [4.78, 5) is 2.40. The summed E-state index contributed by atoms with van der Waals surface area (Å²) in [7, 11) is 0. The molecule has 2 aliphatic carbocycles. The van der Waals surface area contributed by atoms with E-state index in [1.807, 2.05) is 48.5 Å². The van der Waals surface area contributed by atoms with Crippen LogP contribution in [0.5, 0.6) is 11.5 Å². The average Bonchev–Trinajstić information content (AvgIpc) is 3.24. The van der Waals surface area contributed by atoms with Gasteiger partial charge in [0.15, 0.2) is 11.5 Å². The van der Waals surface area contributed by atoms with Crippen molar-refractivity contribution in [2.24, 2.45) is 0 Å². The molecule has 4 aliphatic rings. The molecule has 3 aromatic carbocycles. The Kier molecular flexibility index (Phi) is 4.65. The number of benzene rings is 3. The second kappa shape index (κ2) is 7.69. The van der Waals surface area contributed by atoms with Gasteiger partial charge in [-0.25, -0.2) is 0 Å². The quantitative estimate of drug-likeness (QED) is 0.560. The lowest BCUT2D eigenvalue weighted by molar-refractivity contribution is -0.158. The van der Waals surface area contributed by atoms with Crippen LogP contribution in [0.4, 0.5) is 0 Å². The molecular formula is C30H29NO4. The molecule has 1 spiro atoms. The molecule has 2 N–H and O–H groups in total. The average molecular weight is 468 g/mol. The summed E-state index contributed by atoms with van der Waals surface area (Å²) in [5, 5.41) is 23.4. The summed E-state index contributed by atoms with van der Waals surface area (Å²) in [6.07, 6.45) is 3.70. The molecule has 2 heterocycles. The van der Waals surface area contributed by atoms with E-state index in [0.717, 1.165) is 30.6 Å². The Morgan fingerprint density at radius 2 is 1.71 bits per heavy atom. The minimum atomic E-state index is -1.12. The van der Waals surface area contributed by atoms with Crippen molar-refractivity contribution in [2.45, 2.75) is 55.3 Å². The first kappa shape index (κ1) is 21.2. The lowest BCUT2D eigenvalue weighted by Gasteiger charge is -2.61. The summed E-state index contributed by atoms with van der Waals surface area (Å²) < 4.78 is 12.8. The molecule has 35 heavy (non-hydrogen) atoms. The number of likely N-dealkylation sites (tertiary alicyclic amines) is 1. The highest BCUT2D eigenvalue weighted by Crippen LogP contribution is 2.64. The van der Waals surface area contributed by atoms with Crippen LogP contribution < -0.4 is 9.47 Å². The number of ether oxygens (including phenoxy) is 2. The van der Waals surface area contributed by atoms with E-state index in [9.17, 15) is 10.2 Å². The molecule has 2 aliphatic heterocycles. The Morgan fingerprint density at radius 1 is 0.971 bits per heavy atom. The van der Waals surface area contributed by atoms with Crippen molar-refractivity contribution < 1.29 is 19.7 Å². The molecule has 0 saturated carbocycles. The molecule has 1 fully saturated rings. The van der Waals surface area contributed by atoms with Gasteiger partial charge in [0.2, 0.25) is 0 Å². The van der Waals surface area contributed by atoms with Gasteiger partial charge in [0.25, 0.3) is 0 Å². The van der Waals surface area contributed by atoms with Crippen LogP contribution in [-0.2, 0) is 25.0 Å². The van der Waals surface area contributed by atoms with Crippen molar-refractivity contribution in [3.05, 3.63) is 107 Å². The van der Waals surface area contributed by atoms with Gasteiger partial charge >= 0.3 is 0 Å². The number of aliphatic hydroxyl groups excluding tert-OH is 1. The van der Waals surface area contributed by atoms with Gasteiger partial charge in [-0.15, -0.1) is 0 Å². The van der Waals surface area contributed by atoms with Crippen LogP contribution in [0.2, 0.25) is 0 Å². The van der Waals surface area contributed by atoms with E-state index in [1.165, 1.54) is 11.1 Å². The van der Waals surface area contributed by atoms with Crippen LogP contribution in [0.3, 0.4) is 0 Å². The monoisotopic (exact) mass is 467 g/mol. The fourth-order valence-electron chi connectivity index (χ4n) is 7.01. The zero-order valence-electron chi connectivity index (χ0n) is 19.5. The zero-order valence-corrected chi connectivity index (χ0v) is 19.5. The predicted molar refractivity (Wildman–Crippen MR) is 132 cm³/mol. The Bertz CT molecular complexity index is 1290. The lowest BCUT2D eigenvalue weighted by atomic mass is 9.50. The summed E-state index contributed by atoms with van der Waals surface area (Å²) in [6, 6.07) is 24.5. The van der Waals surface area contributed by atoms with Gasteiger partial charge in [-0.1, -0.05) is 78.9 Å². The smallest absolute Gasteiger partial charge is 0.166 e. The van der Waals surface area contributed by atoms with Crippen LogP contribution in [0.1, 0.15) is 28.7 Å². The third-order valence-corrected chi connectivity index (χ3v) is 8.58. The van der Waals surface area contributed by atoms with E-state index in [2.05, 4.69) is 35.2 Å². The molecule has 178 valence electrons. The zero-order chi connectivity index (χ0) is 23.6. The maximum Gasteiger partial charge on any atom is 0.166 e. The van der Waals surface area contributed by atoms with Gasteiger partial charge < -0.3 is 19.7 Å². The first-order chi connectivity index (χ1) is 17.1. The van der Waals surface area contributed by atoms with Crippen molar-refractivity contribution >= 4 is 0 Å². The van der Waals surface area contributed by atoms with Crippen molar-refractivity contribution in [1.82, 2.24) is 4.90 Å². The highest BCUT2D eigenvalue weighted by Gasteiger charge is 2.71. The maximum absolute atomic E-state index is 12.4. The molecule has 1 saturated heterocycles. The molecule has 7 rings (SSSR count). The van der Waals surface area contributed by atoms with Gasteiger partial charge in [0.1, 0.15) is 24.4 Å². The third kappa shape index (κ3) is 2.92. The number of aliphatic hydroxyl groups is 2. The van der Waals surface area contributed by atoms with Gasteiger partial charge in [-0.05, 0) is 35.6 Å². The molecule has 0 radical (unpaired) electrons. The number of piperidine rings is 1. The maximum atomic E-state index is 12.4. The van der Waals surface area contributed by atoms with Crippen LogP contribution in [0, 0.1) is 0 Å². The molecule has 5 nitrogen and oxygen atoms in total. The first-order valence-corrected chi connectivity index (χ1v) is 12.5. The van der Waals surface area contributed by atoms with E-state index < -0.39 is 23.2 Å². The Hall–Kier alpha value is -3.12. The summed E-state index contributed by atoms with van der Waals surface area (Å²) >= 11 is 0. The van der Waals surface area contributed by atoms with Crippen LogP contribution in [0.25, 0.3) is 0 Å². The molecule has 5 heteroatoms. The number of hydrogen-bond acceptors (Lipinski definition) is 5. The molecule has 0 unspecified atom stereocenters. The van der Waals surface area contributed by atoms with Gasteiger partial charge in [-0.2, -0.15) is 0 Å². The topological polar surface area (TPSA) is 62.2 Å². The number of rotatable bonds is 5. The van der Waals surface area contributed by atoms with E-state index in [4.69, 9.17) is 9.47 Å². The van der Waals surface area contributed by atoms with Crippen molar-refractivity contribution in [3.8, 4) is 11.5 Å². The molecular weight excluding hydrogens is 438 g/mol. The predicted octanol–water partition coefficient (Wildman–Crippen LogP) is 3.76. The lowest BCUT2D eigenvalue weighted by Crippen LogP contribution is -2.75. The van der Waals surface area contributed by atoms with Crippen LogP contribution in [-0.4, -0.2) is 45.5 Å². The van der Waals surface area contributed by atoms with Gasteiger partial charge in [0.05, 0.1) is 5.41 Å². The Labute approximate surface area is 205 Å². The standard InChI is InChI=1S/C30H29NO4/c32-23-13-14-30(33)25-17-22-11-12-24(34-19-21-9-5-2-6-10-21)27-26(22)29(30,28(23)35-27)15-16-31(25)18-20-7-3-1-4-8-20/h1-14,23,25,28,32-33H,15-19H2/t23-,25+,28-,29-,30+/m0/s1. The van der Waals surface area contributed by atoms with E-state index in [0.29, 0.717) is 24.5 Å². The second-order valence-electron chi connectivity index (χ2n) is 10.3. The molecule has 0 aromatic heterocycles. The van der Waals surface area contributed by atoms with E-state index in [1.54, 1.807) is 6.08 Å². The highest BCUT2D eigenvalue weighted by molar-refractivity contribution is 5.64. The van der Waals surface area contributed by atoms with E-state index >= 15 is 0 Å². The number of nitrogens with zero attached hydrogens (tertiary/aromatic N) is 1. The largest absolute Gasteiger partial charge is 0.485 e. The fraction of sp³-hybridized carbons (Fsp3) is 0.333. The van der Waals surface area contributed by atoms with Gasteiger partial charge in [0, 0.05) is 24.7 Å². The molecule has 3 aromatic rings. The minimum Gasteiger partial charge on any atom is -0.485 e. The number of hydrogen-bond donors (Lipinski definition) is 2. The van der Waals surface area contributed by atoms with Crippen molar-refractivity contribution in [2.75, 3.05) is 6.54 Å².